The Hall–Kier alpha value is -1.90. The van der Waals surface area contributed by atoms with Crippen LogP contribution in [0.25, 0.3) is 11.4 Å². The predicted molar refractivity (Wildman–Crippen MR) is 69.0 cm³/mol. The number of benzene rings is 1. The number of rotatable bonds is 3. The van der Waals surface area contributed by atoms with Crippen LogP contribution in [0.1, 0.15) is 24.6 Å². The lowest BCUT2D eigenvalue weighted by molar-refractivity contribution is 0.870. The molecule has 3 nitrogen and oxygen atoms in total. The van der Waals surface area contributed by atoms with Gasteiger partial charge in [-0.3, -0.25) is 4.79 Å². The van der Waals surface area contributed by atoms with E-state index in [1.165, 1.54) is 0 Å². The first-order valence-corrected chi connectivity index (χ1v) is 5.86. The maximum absolute atomic E-state index is 11.5. The van der Waals surface area contributed by atoms with E-state index in [-0.39, 0.29) is 5.56 Å². The Morgan fingerprint density at radius 3 is 2.82 bits per heavy atom. The first-order chi connectivity index (χ1) is 8.19. The van der Waals surface area contributed by atoms with Crippen molar-refractivity contribution in [2.24, 2.45) is 0 Å². The van der Waals surface area contributed by atoms with Gasteiger partial charge in [-0.1, -0.05) is 37.1 Å². The summed E-state index contributed by atoms with van der Waals surface area (Å²) in [6, 6.07) is 9.55. The summed E-state index contributed by atoms with van der Waals surface area (Å²) in [5, 5.41) is 0. The van der Waals surface area contributed by atoms with Gasteiger partial charge in [0, 0.05) is 17.3 Å². The second-order valence-electron chi connectivity index (χ2n) is 4.20. The zero-order valence-corrected chi connectivity index (χ0v) is 10.2. The fourth-order valence-electron chi connectivity index (χ4n) is 1.82. The zero-order chi connectivity index (χ0) is 12.3. The zero-order valence-electron chi connectivity index (χ0n) is 10.2. The third-order valence-electron chi connectivity index (χ3n) is 2.59. The highest BCUT2D eigenvalue weighted by Crippen LogP contribution is 2.15. The lowest BCUT2D eigenvalue weighted by Gasteiger charge is -2.04. The van der Waals surface area contributed by atoms with Crippen molar-refractivity contribution in [1.29, 1.82) is 0 Å². The third kappa shape index (κ3) is 2.81. The molecule has 1 aromatic carbocycles. The van der Waals surface area contributed by atoms with Crippen molar-refractivity contribution in [3.8, 4) is 11.4 Å². The molecule has 0 saturated heterocycles. The summed E-state index contributed by atoms with van der Waals surface area (Å²) in [7, 11) is 0. The van der Waals surface area contributed by atoms with Crippen LogP contribution < -0.4 is 5.56 Å². The highest BCUT2D eigenvalue weighted by molar-refractivity contribution is 5.55. The molecule has 0 fully saturated rings. The number of nitrogens with one attached hydrogen (secondary N) is 1. The fourth-order valence-corrected chi connectivity index (χ4v) is 1.82. The molecule has 3 heteroatoms. The largest absolute Gasteiger partial charge is 0.307 e. The van der Waals surface area contributed by atoms with E-state index in [1.54, 1.807) is 6.07 Å². The van der Waals surface area contributed by atoms with Crippen LogP contribution in [0.5, 0.6) is 0 Å². The summed E-state index contributed by atoms with van der Waals surface area (Å²) in [5.74, 6) is 0.657. The molecule has 0 bridgehead atoms. The van der Waals surface area contributed by atoms with E-state index in [0.717, 1.165) is 29.7 Å². The number of hydrogen-bond acceptors (Lipinski definition) is 2. The van der Waals surface area contributed by atoms with Crippen molar-refractivity contribution in [3.05, 3.63) is 51.9 Å². The Balaban J connectivity index is 2.48. The van der Waals surface area contributed by atoms with Crippen molar-refractivity contribution < 1.29 is 0 Å². The number of H-pyrrole nitrogens is 1. The van der Waals surface area contributed by atoms with Crippen LogP contribution in [0, 0.1) is 6.92 Å². The Bertz CT molecular complexity index is 572. The van der Waals surface area contributed by atoms with Crippen molar-refractivity contribution in [2.75, 3.05) is 0 Å². The van der Waals surface area contributed by atoms with Crippen molar-refractivity contribution in [2.45, 2.75) is 26.7 Å². The third-order valence-corrected chi connectivity index (χ3v) is 2.59. The number of nitrogens with zero attached hydrogens (tertiary/aromatic N) is 1. The maximum Gasteiger partial charge on any atom is 0.251 e. The first kappa shape index (κ1) is 11.6. The van der Waals surface area contributed by atoms with Gasteiger partial charge < -0.3 is 4.98 Å². The number of aromatic amines is 1. The average Bonchev–Trinajstić information content (AvgIpc) is 2.28. The van der Waals surface area contributed by atoms with Crippen molar-refractivity contribution in [3.63, 3.8) is 0 Å². The minimum atomic E-state index is -0.0834. The van der Waals surface area contributed by atoms with Crippen LogP contribution in [-0.2, 0) is 6.42 Å². The molecule has 1 heterocycles. The van der Waals surface area contributed by atoms with E-state index >= 15 is 0 Å². The fraction of sp³-hybridized carbons (Fsp3) is 0.286. The first-order valence-electron chi connectivity index (χ1n) is 5.86. The molecule has 1 N–H and O–H groups in total. The molecule has 0 amide bonds. The van der Waals surface area contributed by atoms with E-state index in [4.69, 9.17) is 0 Å². The molecular formula is C14H16N2O. The van der Waals surface area contributed by atoms with Gasteiger partial charge in [0.25, 0.3) is 5.56 Å². The topological polar surface area (TPSA) is 45.8 Å². The summed E-state index contributed by atoms with van der Waals surface area (Å²) < 4.78 is 0. The lowest BCUT2D eigenvalue weighted by atomic mass is 10.1. The Morgan fingerprint density at radius 1 is 1.29 bits per heavy atom. The van der Waals surface area contributed by atoms with Gasteiger partial charge in [-0.05, 0) is 19.4 Å². The summed E-state index contributed by atoms with van der Waals surface area (Å²) in [5.41, 5.74) is 2.89. The molecule has 0 aliphatic carbocycles. The number of aromatic nitrogens is 2. The SMILES string of the molecule is CCCc1cc(=O)[nH]c(-c2cccc(C)c2)n1. The summed E-state index contributed by atoms with van der Waals surface area (Å²) >= 11 is 0. The molecule has 0 spiro atoms. The van der Waals surface area contributed by atoms with Crippen LogP contribution in [0.2, 0.25) is 0 Å². The molecule has 0 atom stereocenters. The van der Waals surface area contributed by atoms with Gasteiger partial charge in [-0.15, -0.1) is 0 Å². The normalized spacial score (nSPS) is 10.5. The van der Waals surface area contributed by atoms with Crippen LogP contribution in [-0.4, -0.2) is 9.97 Å². The Labute approximate surface area is 101 Å². The van der Waals surface area contributed by atoms with E-state index in [0.29, 0.717) is 5.82 Å². The Kier molecular flexibility index (Phi) is 3.38. The summed E-state index contributed by atoms with van der Waals surface area (Å²) in [4.78, 5) is 18.8. The van der Waals surface area contributed by atoms with Gasteiger partial charge in [0.15, 0.2) is 0 Å². The van der Waals surface area contributed by atoms with Gasteiger partial charge in [-0.25, -0.2) is 4.98 Å². The molecule has 0 saturated carbocycles. The number of hydrogen-bond donors (Lipinski definition) is 1. The van der Waals surface area contributed by atoms with Gasteiger partial charge in [-0.2, -0.15) is 0 Å². The molecule has 1 aromatic heterocycles. The van der Waals surface area contributed by atoms with E-state index in [9.17, 15) is 4.79 Å². The molecule has 17 heavy (non-hydrogen) atoms. The number of aryl methyl sites for hydroxylation is 2. The summed E-state index contributed by atoms with van der Waals surface area (Å²) in [6.45, 7) is 4.10. The van der Waals surface area contributed by atoms with Crippen LogP contribution >= 0.6 is 0 Å². The molecule has 2 aromatic rings. The molecular weight excluding hydrogens is 212 g/mol. The standard InChI is InChI=1S/C14H16N2O/c1-3-5-12-9-13(17)16-14(15-12)11-7-4-6-10(2)8-11/h4,6-9H,3,5H2,1-2H3,(H,15,16,17). The van der Waals surface area contributed by atoms with Crippen LogP contribution in [0.4, 0.5) is 0 Å². The Morgan fingerprint density at radius 2 is 2.12 bits per heavy atom. The maximum atomic E-state index is 11.5. The smallest absolute Gasteiger partial charge is 0.251 e. The monoisotopic (exact) mass is 228 g/mol. The second-order valence-corrected chi connectivity index (χ2v) is 4.20. The minimum absolute atomic E-state index is 0.0834. The molecule has 2 rings (SSSR count). The summed E-state index contributed by atoms with van der Waals surface area (Å²) in [6.07, 6.45) is 1.83. The van der Waals surface area contributed by atoms with Gasteiger partial charge in [0.05, 0.1) is 0 Å². The highest BCUT2D eigenvalue weighted by atomic mass is 16.1. The van der Waals surface area contributed by atoms with Crippen LogP contribution in [0.3, 0.4) is 0 Å². The minimum Gasteiger partial charge on any atom is -0.307 e. The molecule has 0 unspecified atom stereocenters. The van der Waals surface area contributed by atoms with Crippen LogP contribution in [0.15, 0.2) is 35.1 Å². The van der Waals surface area contributed by atoms with Crippen molar-refractivity contribution >= 4 is 0 Å². The van der Waals surface area contributed by atoms with Crippen molar-refractivity contribution in [1.82, 2.24) is 9.97 Å². The predicted octanol–water partition coefficient (Wildman–Crippen LogP) is 2.70. The van der Waals surface area contributed by atoms with E-state index in [2.05, 4.69) is 16.9 Å². The second kappa shape index (κ2) is 4.95. The molecule has 0 aliphatic rings. The lowest BCUT2D eigenvalue weighted by Crippen LogP contribution is -2.10. The molecule has 0 aliphatic heterocycles. The van der Waals surface area contributed by atoms with Gasteiger partial charge in [0.2, 0.25) is 0 Å². The van der Waals surface area contributed by atoms with Gasteiger partial charge >= 0.3 is 0 Å². The van der Waals surface area contributed by atoms with Gasteiger partial charge in [0.1, 0.15) is 5.82 Å². The average molecular weight is 228 g/mol. The van der Waals surface area contributed by atoms with E-state index in [1.807, 2.05) is 31.2 Å². The molecule has 88 valence electrons. The quantitative estimate of drug-likeness (QED) is 0.877. The van der Waals surface area contributed by atoms with E-state index < -0.39 is 0 Å². The highest BCUT2D eigenvalue weighted by Gasteiger charge is 2.03. The molecule has 0 radical (unpaired) electrons.